The molecule has 2 aliphatic rings. The summed E-state index contributed by atoms with van der Waals surface area (Å²) in [5, 5.41) is 6.17. The zero-order valence-electron chi connectivity index (χ0n) is 28.7. The van der Waals surface area contributed by atoms with Gasteiger partial charge in [-0.3, -0.25) is 0 Å². The van der Waals surface area contributed by atoms with Gasteiger partial charge in [-0.05, 0) is 58.0 Å². The Balaban J connectivity index is 0.00000265. The number of pyridine rings is 1. The third-order valence-electron chi connectivity index (χ3n) is 8.52. The van der Waals surface area contributed by atoms with Crippen molar-refractivity contribution in [2.45, 2.75) is 65.7 Å². The topological polar surface area (TPSA) is 93.7 Å². The van der Waals surface area contributed by atoms with E-state index in [-0.39, 0.29) is 35.7 Å². The second kappa shape index (κ2) is 15.2. The number of likely N-dealkylation sites (N-methyl/N-ethyl adjacent to an activating group) is 1. The van der Waals surface area contributed by atoms with E-state index in [0.717, 1.165) is 13.0 Å². The standard InChI is InChI=1S/C31H37F7N6O3.C2H6/c1-16-12-19(21(31(36,37)38)18(3)22(16)32)24-23(33)25-20-26(40-9-8-39-7-6-17(2)47-27(20)41-24)43-28(42-25)46-15-29(13-30(29,34)35)14-44(4)10-11-45-5;1-2/h12,17,39H,6-11,13-15H2,1-5H3,(H,40,42,43);1-2H3/t17-,29?;/m0./s1. The van der Waals surface area contributed by atoms with Crippen LogP contribution in [-0.2, 0) is 10.9 Å². The molecule has 1 aliphatic carbocycles. The smallest absolute Gasteiger partial charge is 0.417 e. The van der Waals surface area contributed by atoms with E-state index in [1.807, 2.05) is 13.8 Å². The van der Waals surface area contributed by atoms with Crippen LogP contribution in [0.25, 0.3) is 22.2 Å². The first-order valence-electron chi connectivity index (χ1n) is 16.2. The number of hydrogen-bond donors (Lipinski definition) is 2. The highest BCUT2D eigenvalue weighted by Crippen LogP contribution is 2.60. The van der Waals surface area contributed by atoms with Gasteiger partial charge in [-0.2, -0.15) is 23.1 Å². The molecule has 2 N–H and O–H groups in total. The highest BCUT2D eigenvalue weighted by atomic mass is 19.4. The Morgan fingerprint density at radius 2 is 1.76 bits per heavy atom. The third kappa shape index (κ3) is 8.12. The van der Waals surface area contributed by atoms with Gasteiger partial charge in [0.2, 0.25) is 5.88 Å². The van der Waals surface area contributed by atoms with Crippen LogP contribution in [0.4, 0.5) is 36.6 Å². The van der Waals surface area contributed by atoms with E-state index in [4.69, 9.17) is 14.2 Å². The van der Waals surface area contributed by atoms with Gasteiger partial charge < -0.3 is 29.7 Å². The molecule has 16 heteroatoms. The average molecular weight is 705 g/mol. The number of ether oxygens (including phenoxy) is 3. The van der Waals surface area contributed by atoms with E-state index in [2.05, 4.69) is 25.6 Å². The average Bonchev–Trinajstić information content (AvgIpc) is 3.59. The number of nitrogens with zero attached hydrogens (tertiary/aromatic N) is 4. The van der Waals surface area contributed by atoms with Crippen LogP contribution in [0.15, 0.2) is 6.07 Å². The summed E-state index contributed by atoms with van der Waals surface area (Å²) >= 11 is 0. The molecule has 1 unspecified atom stereocenters. The molecule has 49 heavy (non-hydrogen) atoms. The van der Waals surface area contributed by atoms with Crippen LogP contribution in [0.5, 0.6) is 11.9 Å². The van der Waals surface area contributed by atoms with Crippen LogP contribution in [-0.4, -0.2) is 92.0 Å². The van der Waals surface area contributed by atoms with Crippen molar-refractivity contribution in [3.8, 4) is 23.1 Å². The van der Waals surface area contributed by atoms with E-state index in [1.165, 1.54) is 14.0 Å². The fraction of sp³-hybridized carbons (Fsp3) is 0.606. The Morgan fingerprint density at radius 1 is 1.06 bits per heavy atom. The fourth-order valence-electron chi connectivity index (χ4n) is 5.84. The summed E-state index contributed by atoms with van der Waals surface area (Å²) in [5.74, 6) is -5.66. The lowest BCUT2D eigenvalue weighted by molar-refractivity contribution is -0.137. The lowest BCUT2D eigenvalue weighted by atomic mass is 9.94. The summed E-state index contributed by atoms with van der Waals surface area (Å²) in [6.07, 6.45) is -5.57. The maximum Gasteiger partial charge on any atom is 0.417 e. The van der Waals surface area contributed by atoms with Crippen LogP contribution in [0.1, 0.15) is 50.3 Å². The van der Waals surface area contributed by atoms with Gasteiger partial charge in [0.1, 0.15) is 34.8 Å². The largest absolute Gasteiger partial charge is 0.474 e. The van der Waals surface area contributed by atoms with Crippen molar-refractivity contribution in [2.75, 3.05) is 65.4 Å². The minimum atomic E-state index is -5.07. The number of nitrogens with one attached hydrogen (secondary N) is 2. The maximum atomic E-state index is 16.6. The van der Waals surface area contributed by atoms with Crippen molar-refractivity contribution >= 4 is 16.7 Å². The molecule has 0 spiro atoms. The Hall–Kier alpha value is -3.50. The quantitative estimate of drug-likeness (QED) is 0.234. The molecule has 1 aliphatic heterocycles. The Bertz CT molecular complexity index is 1640. The van der Waals surface area contributed by atoms with Gasteiger partial charge in [-0.1, -0.05) is 13.8 Å². The first-order valence-corrected chi connectivity index (χ1v) is 16.2. The summed E-state index contributed by atoms with van der Waals surface area (Å²) in [5.41, 5.74) is -5.82. The minimum Gasteiger partial charge on any atom is -0.474 e. The zero-order chi connectivity index (χ0) is 36.3. The predicted molar refractivity (Wildman–Crippen MR) is 171 cm³/mol. The molecule has 1 fully saturated rings. The highest BCUT2D eigenvalue weighted by Gasteiger charge is 2.71. The zero-order valence-corrected chi connectivity index (χ0v) is 28.7. The van der Waals surface area contributed by atoms with Gasteiger partial charge in [0.25, 0.3) is 5.92 Å². The molecule has 1 saturated carbocycles. The van der Waals surface area contributed by atoms with Gasteiger partial charge in [0.05, 0.1) is 23.7 Å². The highest BCUT2D eigenvalue weighted by molar-refractivity contribution is 5.96. The van der Waals surface area contributed by atoms with E-state index in [1.54, 1.807) is 18.9 Å². The van der Waals surface area contributed by atoms with Crippen LogP contribution in [0, 0.1) is 30.9 Å². The number of hydrogen-bond acceptors (Lipinski definition) is 9. The van der Waals surface area contributed by atoms with Crippen molar-refractivity contribution in [2.24, 2.45) is 5.41 Å². The minimum absolute atomic E-state index is 0.00909. The van der Waals surface area contributed by atoms with Crippen LogP contribution < -0.4 is 20.1 Å². The van der Waals surface area contributed by atoms with Crippen molar-refractivity contribution < 1.29 is 44.9 Å². The molecule has 272 valence electrons. The number of methoxy groups -OCH3 is 1. The van der Waals surface area contributed by atoms with Crippen molar-refractivity contribution in [1.29, 1.82) is 0 Å². The van der Waals surface area contributed by atoms with Crippen molar-refractivity contribution in [1.82, 2.24) is 25.2 Å². The maximum absolute atomic E-state index is 16.6. The number of aromatic nitrogens is 3. The molecule has 3 heterocycles. The van der Waals surface area contributed by atoms with Gasteiger partial charge >= 0.3 is 12.2 Å². The predicted octanol–water partition coefficient (Wildman–Crippen LogP) is 6.79. The van der Waals surface area contributed by atoms with Crippen LogP contribution in [0.3, 0.4) is 0 Å². The first-order chi connectivity index (χ1) is 23.1. The molecule has 0 amide bonds. The molecular formula is C33H43F7N6O3. The molecule has 0 saturated heterocycles. The Labute approximate surface area is 280 Å². The lowest BCUT2D eigenvalue weighted by Gasteiger charge is -2.24. The summed E-state index contributed by atoms with van der Waals surface area (Å²) in [4.78, 5) is 14.4. The van der Waals surface area contributed by atoms with Gasteiger partial charge in [0, 0.05) is 45.3 Å². The first kappa shape index (κ1) is 38.3. The second-order valence-electron chi connectivity index (χ2n) is 12.3. The summed E-state index contributed by atoms with van der Waals surface area (Å²) < 4.78 is 121. The summed E-state index contributed by atoms with van der Waals surface area (Å²) in [7, 11) is 3.17. The monoisotopic (exact) mass is 704 g/mol. The van der Waals surface area contributed by atoms with Gasteiger partial charge in [-0.15, -0.1) is 0 Å². The molecule has 5 rings (SSSR count). The second-order valence-corrected chi connectivity index (χ2v) is 12.3. The van der Waals surface area contributed by atoms with Gasteiger partial charge in [-0.25, -0.2) is 22.5 Å². The molecule has 0 radical (unpaired) electrons. The molecule has 1 aromatic carbocycles. The lowest BCUT2D eigenvalue weighted by Crippen LogP contribution is -2.36. The van der Waals surface area contributed by atoms with E-state index in [0.29, 0.717) is 32.7 Å². The summed E-state index contributed by atoms with van der Waals surface area (Å²) in [6.45, 7) is 9.39. The van der Waals surface area contributed by atoms with Gasteiger partial charge in [0.15, 0.2) is 5.82 Å². The molecule has 2 atom stereocenters. The van der Waals surface area contributed by atoms with E-state index < -0.39 is 82.2 Å². The number of rotatable bonds is 9. The van der Waals surface area contributed by atoms with E-state index >= 15 is 4.39 Å². The number of aryl methyl sites for hydroxylation is 1. The molecule has 2 aromatic heterocycles. The number of anilines is 1. The van der Waals surface area contributed by atoms with Crippen molar-refractivity contribution in [3.63, 3.8) is 0 Å². The molecule has 3 aromatic rings. The number of alkyl halides is 5. The van der Waals surface area contributed by atoms with Crippen LogP contribution >= 0.6 is 0 Å². The summed E-state index contributed by atoms with van der Waals surface area (Å²) in [6, 6.07) is 0.409. The van der Waals surface area contributed by atoms with E-state index in [9.17, 15) is 26.3 Å². The Morgan fingerprint density at radius 3 is 2.39 bits per heavy atom. The molecular weight excluding hydrogens is 661 g/mol. The SMILES string of the molecule is CC.COCCN(C)CC1(COc2nc3c4c(nc(-c5cc(C)c(F)c(C)c5C(F)(F)F)c(F)c4n2)O[C@@H](C)CCNCCN3)CC1(F)F. The Kier molecular flexibility index (Phi) is 11.9. The van der Waals surface area contributed by atoms with Crippen LogP contribution in [0.2, 0.25) is 0 Å². The van der Waals surface area contributed by atoms with Crippen molar-refractivity contribution in [3.05, 3.63) is 34.4 Å². The number of halogens is 7. The number of benzene rings is 1. The molecule has 0 bridgehead atoms. The normalized spacial score (nSPS) is 20.5. The third-order valence-corrected chi connectivity index (χ3v) is 8.52. The molecule has 9 nitrogen and oxygen atoms in total. The fourth-order valence-corrected chi connectivity index (χ4v) is 5.84.